The lowest BCUT2D eigenvalue weighted by Gasteiger charge is -2.39. The van der Waals surface area contributed by atoms with E-state index in [0.717, 1.165) is 56.8 Å². The number of piperidine rings is 1. The quantitative estimate of drug-likeness (QED) is 0.347. The van der Waals surface area contributed by atoms with E-state index in [2.05, 4.69) is 4.90 Å². The maximum atomic E-state index is 14.1. The van der Waals surface area contributed by atoms with E-state index in [4.69, 9.17) is 11.6 Å². The number of halogens is 3. The van der Waals surface area contributed by atoms with Crippen LogP contribution in [0.15, 0.2) is 60.7 Å². The van der Waals surface area contributed by atoms with Gasteiger partial charge >= 0.3 is 0 Å². The molecule has 1 unspecified atom stereocenters. The molecule has 41 heavy (non-hydrogen) atoms. The van der Waals surface area contributed by atoms with Crippen molar-refractivity contribution in [3.63, 3.8) is 0 Å². The second-order valence-electron chi connectivity index (χ2n) is 11.9. The molecule has 1 aliphatic carbocycles. The Labute approximate surface area is 244 Å². The molecule has 1 atom stereocenters. The molecule has 2 amide bonds. The topological polar surface area (TPSA) is 43.9 Å². The molecule has 3 aromatic carbocycles. The number of benzene rings is 3. The zero-order valence-electron chi connectivity index (χ0n) is 23.2. The molecule has 214 valence electrons. The van der Waals surface area contributed by atoms with E-state index in [1.807, 2.05) is 35.2 Å². The maximum Gasteiger partial charge on any atom is 0.255 e. The van der Waals surface area contributed by atoms with Crippen molar-refractivity contribution >= 4 is 23.4 Å². The van der Waals surface area contributed by atoms with Crippen LogP contribution >= 0.6 is 11.6 Å². The summed E-state index contributed by atoms with van der Waals surface area (Å²) in [6.07, 6.45) is 4.47. The molecule has 0 bridgehead atoms. The van der Waals surface area contributed by atoms with Crippen LogP contribution in [-0.2, 0) is 13.0 Å². The highest BCUT2D eigenvalue weighted by molar-refractivity contribution is 6.33. The van der Waals surface area contributed by atoms with Gasteiger partial charge in [0.25, 0.3) is 11.8 Å². The van der Waals surface area contributed by atoms with Crippen LogP contribution in [-0.4, -0.2) is 59.7 Å². The molecule has 0 saturated carbocycles. The SMILES string of the molecule is CN(C(=O)c1ccccc1Cl)C1CCc2ccc(C(=O)N3CCC4(CCN(Cc5cc(F)ccc5F)CC4)C3)cc21. The Kier molecular flexibility index (Phi) is 7.60. The Morgan fingerprint density at radius 3 is 2.54 bits per heavy atom. The van der Waals surface area contributed by atoms with E-state index in [1.165, 1.54) is 17.7 Å². The van der Waals surface area contributed by atoms with Crippen LogP contribution in [0.3, 0.4) is 0 Å². The molecule has 2 heterocycles. The third-order valence-electron chi connectivity index (χ3n) is 9.38. The summed E-state index contributed by atoms with van der Waals surface area (Å²) in [4.78, 5) is 32.8. The molecule has 5 nitrogen and oxygen atoms in total. The fraction of sp³-hybridized carbons (Fsp3) is 0.394. The molecule has 0 N–H and O–H groups in total. The van der Waals surface area contributed by atoms with Gasteiger partial charge in [-0.25, -0.2) is 8.78 Å². The van der Waals surface area contributed by atoms with Crippen LogP contribution < -0.4 is 0 Å². The number of hydrogen-bond donors (Lipinski definition) is 0. The van der Waals surface area contributed by atoms with Crippen LogP contribution in [0.25, 0.3) is 0 Å². The Hall–Kier alpha value is -3.29. The molecule has 2 aliphatic heterocycles. The van der Waals surface area contributed by atoms with Crippen molar-refractivity contribution in [1.82, 2.24) is 14.7 Å². The van der Waals surface area contributed by atoms with Gasteiger partial charge in [0.05, 0.1) is 16.6 Å². The highest BCUT2D eigenvalue weighted by Gasteiger charge is 2.42. The summed E-state index contributed by atoms with van der Waals surface area (Å²) in [7, 11) is 1.80. The van der Waals surface area contributed by atoms with Gasteiger partial charge in [0, 0.05) is 37.8 Å². The molecule has 2 fully saturated rings. The van der Waals surface area contributed by atoms with Gasteiger partial charge in [0.1, 0.15) is 11.6 Å². The Balaban J connectivity index is 1.10. The highest BCUT2D eigenvalue weighted by atomic mass is 35.5. The fourth-order valence-corrected chi connectivity index (χ4v) is 7.09. The summed E-state index contributed by atoms with van der Waals surface area (Å²) in [5.74, 6) is -0.894. The number of carbonyl (C=O) groups excluding carboxylic acids is 2. The van der Waals surface area contributed by atoms with E-state index < -0.39 is 5.82 Å². The third kappa shape index (κ3) is 5.50. The van der Waals surface area contributed by atoms with Crippen molar-refractivity contribution in [1.29, 1.82) is 0 Å². The summed E-state index contributed by atoms with van der Waals surface area (Å²) >= 11 is 6.30. The standard InChI is InChI=1S/C33H34ClF2N3O2/c1-37(32(41)26-4-2-3-5-28(26)34)30-11-8-22-6-7-23(19-27(22)30)31(40)39-17-14-33(21-39)12-15-38(16-13-33)20-24-18-25(35)9-10-29(24)36/h2-7,9-10,18-19,30H,8,11-17,20-21H2,1H3. The van der Waals surface area contributed by atoms with Crippen molar-refractivity contribution in [2.75, 3.05) is 33.2 Å². The summed E-state index contributed by atoms with van der Waals surface area (Å²) in [5, 5.41) is 0.432. The van der Waals surface area contributed by atoms with E-state index in [-0.39, 0.29) is 29.1 Å². The van der Waals surface area contributed by atoms with Gasteiger partial charge in [0.15, 0.2) is 0 Å². The average Bonchev–Trinajstić information content (AvgIpc) is 3.60. The molecule has 8 heteroatoms. The number of likely N-dealkylation sites (tertiary alicyclic amines) is 2. The summed E-state index contributed by atoms with van der Waals surface area (Å²) in [5.41, 5.74) is 3.79. The van der Waals surface area contributed by atoms with Gasteiger partial charge in [0.2, 0.25) is 0 Å². The van der Waals surface area contributed by atoms with Gasteiger partial charge in [-0.1, -0.05) is 29.8 Å². The molecule has 0 aromatic heterocycles. The van der Waals surface area contributed by atoms with Gasteiger partial charge in [-0.3, -0.25) is 14.5 Å². The summed E-state index contributed by atoms with van der Waals surface area (Å²) in [6, 6.07) is 16.5. The van der Waals surface area contributed by atoms with Crippen LogP contribution in [0.1, 0.15) is 69.1 Å². The number of amides is 2. The number of fused-ring (bicyclic) bond motifs is 1. The number of carbonyl (C=O) groups is 2. The molecule has 3 aliphatic rings. The van der Waals surface area contributed by atoms with E-state index in [1.54, 1.807) is 24.1 Å². The molecule has 3 aromatic rings. The van der Waals surface area contributed by atoms with Gasteiger partial charge in [-0.2, -0.15) is 0 Å². The zero-order valence-corrected chi connectivity index (χ0v) is 24.0. The van der Waals surface area contributed by atoms with Gasteiger partial charge < -0.3 is 9.80 Å². The lowest BCUT2D eigenvalue weighted by Crippen LogP contribution is -2.42. The van der Waals surface area contributed by atoms with Gasteiger partial charge in [-0.05, 0) is 104 Å². The minimum atomic E-state index is -0.420. The van der Waals surface area contributed by atoms with Gasteiger partial charge in [-0.15, -0.1) is 0 Å². The molecular weight excluding hydrogens is 544 g/mol. The van der Waals surface area contributed by atoms with Crippen molar-refractivity contribution in [3.05, 3.63) is 105 Å². The first-order chi connectivity index (χ1) is 19.7. The Bertz CT molecular complexity index is 1490. The summed E-state index contributed by atoms with van der Waals surface area (Å²) in [6.45, 7) is 3.41. The first kappa shape index (κ1) is 27.9. The van der Waals surface area contributed by atoms with E-state index >= 15 is 0 Å². The van der Waals surface area contributed by atoms with Crippen LogP contribution in [0.5, 0.6) is 0 Å². The van der Waals surface area contributed by atoms with Crippen molar-refractivity contribution in [3.8, 4) is 0 Å². The summed E-state index contributed by atoms with van der Waals surface area (Å²) < 4.78 is 27.8. The van der Waals surface area contributed by atoms with Crippen molar-refractivity contribution in [2.24, 2.45) is 5.41 Å². The third-order valence-corrected chi connectivity index (χ3v) is 9.70. The predicted molar refractivity (Wildman–Crippen MR) is 155 cm³/mol. The van der Waals surface area contributed by atoms with E-state index in [0.29, 0.717) is 41.3 Å². The maximum absolute atomic E-state index is 14.1. The lowest BCUT2D eigenvalue weighted by molar-refractivity contribution is 0.0712. The predicted octanol–water partition coefficient (Wildman–Crippen LogP) is 6.51. The fourth-order valence-electron chi connectivity index (χ4n) is 6.87. The van der Waals surface area contributed by atoms with Crippen molar-refractivity contribution in [2.45, 2.75) is 44.7 Å². The average molecular weight is 578 g/mol. The second-order valence-corrected chi connectivity index (χ2v) is 12.3. The number of rotatable bonds is 5. The molecule has 2 saturated heterocycles. The monoisotopic (exact) mass is 577 g/mol. The first-order valence-corrected chi connectivity index (χ1v) is 14.7. The van der Waals surface area contributed by atoms with Crippen LogP contribution in [0, 0.1) is 17.0 Å². The molecule has 1 spiro atoms. The normalized spacial score (nSPS) is 19.9. The number of nitrogens with zero attached hydrogens (tertiary/aromatic N) is 3. The van der Waals surface area contributed by atoms with Crippen LogP contribution in [0.4, 0.5) is 8.78 Å². The first-order valence-electron chi connectivity index (χ1n) is 14.3. The van der Waals surface area contributed by atoms with Crippen molar-refractivity contribution < 1.29 is 18.4 Å². The van der Waals surface area contributed by atoms with Crippen LogP contribution in [0.2, 0.25) is 5.02 Å². The second kappa shape index (κ2) is 11.2. The number of hydrogen-bond acceptors (Lipinski definition) is 3. The number of aryl methyl sites for hydroxylation is 1. The zero-order chi connectivity index (χ0) is 28.7. The Morgan fingerprint density at radius 2 is 1.76 bits per heavy atom. The minimum Gasteiger partial charge on any atom is -0.338 e. The largest absolute Gasteiger partial charge is 0.338 e. The molecule has 6 rings (SSSR count). The smallest absolute Gasteiger partial charge is 0.255 e. The Morgan fingerprint density at radius 1 is 1.00 bits per heavy atom. The lowest BCUT2D eigenvalue weighted by atomic mass is 9.77. The molecule has 0 radical (unpaired) electrons. The van der Waals surface area contributed by atoms with E-state index in [9.17, 15) is 18.4 Å². The highest BCUT2D eigenvalue weighted by Crippen LogP contribution is 2.42. The molecular formula is C33H34ClF2N3O2. The minimum absolute atomic E-state index is 0.0275.